The van der Waals surface area contributed by atoms with Crippen molar-refractivity contribution in [3.63, 3.8) is 0 Å². The van der Waals surface area contributed by atoms with Gasteiger partial charge in [-0.1, -0.05) is 0 Å². The summed E-state index contributed by atoms with van der Waals surface area (Å²) in [5.74, 6) is 0. The third-order valence-electron chi connectivity index (χ3n) is 2.71. The Kier molecular flexibility index (Phi) is 2.34. The molecular formula is C12H14N2O2. The van der Waals surface area contributed by atoms with Gasteiger partial charge in [-0.3, -0.25) is 0 Å². The fourth-order valence-electron chi connectivity index (χ4n) is 1.64. The summed E-state index contributed by atoms with van der Waals surface area (Å²) in [6.45, 7) is 1.82. The number of aryl methyl sites for hydroxylation is 1. The highest BCUT2D eigenvalue weighted by Gasteiger charge is 2.08. The number of hydrogen-bond donors (Lipinski definition) is 1. The molecule has 2 N–H and O–H groups in total. The molecule has 0 bridgehead atoms. The topological polar surface area (TPSA) is 59.5 Å². The summed E-state index contributed by atoms with van der Waals surface area (Å²) in [7, 11) is 3.87. The zero-order valence-electron chi connectivity index (χ0n) is 9.57. The number of anilines is 2. The number of nitrogens with two attached hydrogens (primary N) is 1. The second kappa shape index (κ2) is 3.56. The first-order valence-corrected chi connectivity index (χ1v) is 5.01. The molecule has 0 spiro atoms. The lowest BCUT2D eigenvalue weighted by atomic mass is 10.1. The van der Waals surface area contributed by atoms with E-state index in [1.165, 1.54) is 0 Å². The van der Waals surface area contributed by atoms with E-state index in [0.29, 0.717) is 5.58 Å². The summed E-state index contributed by atoms with van der Waals surface area (Å²) in [6, 6.07) is 5.72. The molecule has 0 saturated carbocycles. The largest absolute Gasteiger partial charge is 0.421 e. The molecule has 0 aliphatic rings. The molecule has 2 aromatic rings. The number of hydrogen-bond acceptors (Lipinski definition) is 4. The second-order valence-electron chi connectivity index (χ2n) is 4.00. The fraction of sp³-hybridized carbons (Fsp3) is 0.250. The summed E-state index contributed by atoms with van der Waals surface area (Å²) in [6.07, 6.45) is 0. The molecule has 84 valence electrons. The summed E-state index contributed by atoms with van der Waals surface area (Å²) in [4.78, 5) is 13.4. The highest BCUT2D eigenvalue weighted by Crippen LogP contribution is 2.24. The van der Waals surface area contributed by atoms with E-state index >= 15 is 0 Å². The number of rotatable bonds is 1. The van der Waals surface area contributed by atoms with E-state index in [9.17, 15) is 4.79 Å². The summed E-state index contributed by atoms with van der Waals surface area (Å²) in [5.41, 5.74) is 7.68. The maximum atomic E-state index is 11.4. The van der Waals surface area contributed by atoms with Gasteiger partial charge in [0.15, 0.2) is 0 Å². The Labute approximate surface area is 93.3 Å². The summed E-state index contributed by atoms with van der Waals surface area (Å²) >= 11 is 0. The predicted molar refractivity (Wildman–Crippen MR) is 66.0 cm³/mol. The van der Waals surface area contributed by atoms with E-state index in [0.717, 1.165) is 16.6 Å². The van der Waals surface area contributed by atoms with Gasteiger partial charge in [-0.05, 0) is 24.6 Å². The highest BCUT2D eigenvalue weighted by molar-refractivity contribution is 5.86. The summed E-state index contributed by atoms with van der Waals surface area (Å²) in [5, 5.41) is 0.878. The standard InChI is InChI=1S/C12H14N2O2/c1-7-9-5-4-8(14(2)3)6-10(9)16-12(15)11(7)13/h4-6H,13H2,1-3H3. The molecule has 1 aromatic heterocycles. The second-order valence-corrected chi connectivity index (χ2v) is 4.00. The summed E-state index contributed by atoms with van der Waals surface area (Å²) < 4.78 is 5.16. The molecule has 1 heterocycles. The first kappa shape index (κ1) is 10.5. The Morgan fingerprint density at radius 2 is 2.00 bits per heavy atom. The van der Waals surface area contributed by atoms with Gasteiger partial charge in [0, 0.05) is 31.2 Å². The molecule has 0 fully saturated rings. The predicted octanol–water partition coefficient (Wildman–Crippen LogP) is 1.75. The van der Waals surface area contributed by atoms with Gasteiger partial charge < -0.3 is 15.1 Å². The van der Waals surface area contributed by atoms with Crippen LogP contribution < -0.4 is 16.3 Å². The van der Waals surface area contributed by atoms with E-state index < -0.39 is 5.63 Å². The Balaban J connectivity index is 2.81. The van der Waals surface area contributed by atoms with Crippen LogP contribution in [0.5, 0.6) is 0 Å². The molecule has 0 saturated heterocycles. The van der Waals surface area contributed by atoms with Gasteiger partial charge in [-0.15, -0.1) is 0 Å². The van der Waals surface area contributed by atoms with E-state index in [-0.39, 0.29) is 5.69 Å². The Morgan fingerprint density at radius 3 is 2.62 bits per heavy atom. The van der Waals surface area contributed by atoms with Crippen molar-refractivity contribution >= 4 is 22.3 Å². The molecule has 0 aliphatic heterocycles. The molecular weight excluding hydrogens is 204 g/mol. The minimum absolute atomic E-state index is 0.185. The fourth-order valence-corrected chi connectivity index (χ4v) is 1.64. The van der Waals surface area contributed by atoms with Crippen LogP contribution in [0.1, 0.15) is 5.56 Å². The lowest BCUT2D eigenvalue weighted by Gasteiger charge is -2.13. The lowest BCUT2D eigenvalue weighted by Crippen LogP contribution is -2.10. The first-order chi connectivity index (χ1) is 7.50. The van der Waals surface area contributed by atoms with Crippen molar-refractivity contribution in [3.05, 3.63) is 34.2 Å². The average molecular weight is 218 g/mol. The van der Waals surface area contributed by atoms with Crippen LogP contribution in [0, 0.1) is 6.92 Å². The molecule has 1 aromatic carbocycles. The van der Waals surface area contributed by atoms with Gasteiger partial charge in [0.05, 0.1) is 0 Å². The zero-order valence-corrected chi connectivity index (χ0v) is 9.57. The number of fused-ring (bicyclic) bond motifs is 1. The van der Waals surface area contributed by atoms with Crippen molar-refractivity contribution in [1.29, 1.82) is 0 Å². The SMILES string of the molecule is Cc1c(N)c(=O)oc2cc(N(C)C)ccc12. The van der Waals surface area contributed by atoms with Crippen LogP contribution in [-0.2, 0) is 0 Å². The van der Waals surface area contributed by atoms with E-state index in [1.54, 1.807) is 0 Å². The van der Waals surface area contributed by atoms with Gasteiger partial charge in [0.2, 0.25) is 0 Å². The quantitative estimate of drug-likeness (QED) is 0.741. The van der Waals surface area contributed by atoms with Crippen molar-refractivity contribution in [1.82, 2.24) is 0 Å². The van der Waals surface area contributed by atoms with Crippen LogP contribution in [0.2, 0.25) is 0 Å². The average Bonchev–Trinajstić information content (AvgIpc) is 2.25. The minimum Gasteiger partial charge on any atom is -0.421 e. The first-order valence-electron chi connectivity index (χ1n) is 5.01. The number of nitrogen functional groups attached to an aromatic ring is 1. The minimum atomic E-state index is -0.471. The van der Waals surface area contributed by atoms with Crippen molar-refractivity contribution in [3.8, 4) is 0 Å². The van der Waals surface area contributed by atoms with Gasteiger partial charge in [-0.25, -0.2) is 4.79 Å². The Bertz CT molecular complexity index is 600. The lowest BCUT2D eigenvalue weighted by molar-refractivity contribution is 0.563. The number of nitrogens with zero attached hydrogens (tertiary/aromatic N) is 1. The van der Waals surface area contributed by atoms with Crippen LogP contribution in [0.4, 0.5) is 11.4 Å². The monoisotopic (exact) mass is 218 g/mol. The molecule has 2 rings (SSSR count). The van der Waals surface area contributed by atoms with Gasteiger partial charge in [0.25, 0.3) is 0 Å². The normalized spacial score (nSPS) is 10.7. The van der Waals surface area contributed by atoms with Crippen LogP contribution in [0.3, 0.4) is 0 Å². The van der Waals surface area contributed by atoms with E-state index in [2.05, 4.69) is 0 Å². The van der Waals surface area contributed by atoms with Crippen molar-refractivity contribution < 1.29 is 4.42 Å². The molecule has 4 heteroatoms. The van der Waals surface area contributed by atoms with Crippen LogP contribution in [0.15, 0.2) is 27.4 Å². The Morgan fingerprint density at radius 1 is 1.31 bits per heavy atom. The maximum Gasteiger partial charge on any atom is 0.359 e. The third-order valence-corrected chi connectivity index (χ3v) is 2.71. The van der Waals surface area contributed by atoms with Gasteiger partial charge in [0.1, 0.15) is 11.3 Å². The van der Waals surface area contributed by atoms with E-state index in [1.807, 2.05) is 44.1 Å². The third kappa shape index (κ3) is 1.52. The van der Waals surface area contributed by atoms with Crippen molar-refractivity contribution in [2.75, 3.05) is 24.7 Å². The molecule has 0 amide bonds. The van der Waals surface area contributed by atoms with E-state index in [4.69, 9.17) is 10.2 Å². The molecule has 16 heavy (non-hydrogen) atoms. The van der Waals surface area contributed by atoms with Crippen molar-refractivity contribution in [2.24, 2.45) is 0 Å². The number of benzene rings is 1. The molecule has 0 atom stereocenters. The molecule has 4 nitrogen and oxygen atoms in total. The molecule has 0 aliphatic carbocycles. The highest BCUT2D eigenvalue weighted by atomic mass is 16.4. The van der Waals surface area contributed by atoms with Crippen LogP contribution >= 0.6 is 0 Å². The molecule has 0 unspecified atom stereocenters. The van der Waals surface area contributed by atoms with Crippen molar-refractivity contribution in [2.45, 2.75) is 6.92 Å². The van der Waals surface area contributed by atoms with Crippen LogP contribution in [-0.4, -0.2) is 14.1 Å². The van der Waals surface area contributed by atoms with Crippen LogP contribution in [0.25, 0.3) is 11.0 Å². The Hall–Kier alpha value is -1.97. The zero-order chi connectivity index (χ0) is 11.9. The van der Waals surface area contributed by atoms with Gasteiger partial charge >= 0.3 is 5.63 Å². The van der Waals surface area contributed by atoms with Gasteiger partial charge in [-0.2, -0.15) is 0 Å². The molecule has 0 radical (unpaired) electrons. The maximum absolute atomic E-state index is 11.4. The smallest absolute Gasteiger partial charge is 0.359 e.